The third-order valence-corrected chi connectivity index (χ3v) is 5.66. The van der Waals surface area contributed by atoms with E-state index in [4.69, 9.17) is 25.6 Å². The Morgan fingerprint density at radius 1 is 1.06 bits per heavy atom. The predicted molar refractivity (Wildman–Crippen MR) is 115 cm³/mol. The number of halogens is 1. The van der Waals surface area contributed by atoms with Gasteiger partial charge in [0.2, 0.25) is 11.7 Å². The Labute approximate surface area is 192 Å². The molecule has 2 aliphatic rings. The number of hydrogen-bond acceptors (Lipinski definition) is 10. The van der Waals surface area contributed by atoms with Gasteiger partial charge in [-0.3, -0.25) is 14.6 Å². The number of ether oxygens (including phenoxy) is 2. The molecule has 168 valence electrons. The zero-order valence-corrected chi connectivity index (χ0v) is 18.3. The van der Waals surface area contributed by atoms with Gasteiger partial charge in [-0.2, -0.15) is 10.1 Å². The molecule has 0 aliphatic carbocycles. The highest BCUT2D eigenvalue weighted by molar-refractivity contribution is 6.33. The summed E-state index contributed by atoms with van der Waals surface area (Å²) >= 11 is 6.19. The summed E-state index contributed by atoms with van der Waals surface area (Å²) in [4.78, 5) is 31.6. The molecule has 2 atom stereocenters. The average Bonchev–Trinajstić information content (AvgIpc) is 3.52. The molecule has 12 heteroatoms. The van der Waals surface area contributed by atoms with Gasteiger partial charge in [-0.05, 0) is 12.1 Å². The fourth-order valence-electron chi connectivity index (χ4n) is 3.74. The summed E-state index contributed by atoms with van der Waals surface area (Å²) in [6.45, 7) is -0.00356. The Morgan fingerprint density at radius 3 is 2.48 bits per heavy atom. The van der Waals surface area contributed by atoms with Gasteiger partial charge in [-0.25, -0.2) is 4.90 Å². The van der Waals surface area contributed by atoms with Crippen molar-refractivity contribution >= 4 is 29.1 Å². The van der Waals surface area contributed by atoms with Crippen LogP contribution in [0.25, 0.3) is 11.4 Å². The minimum atomic E-state index is -0.972. The van der Waals surface area contributed by atoms with Crippen molar-refractivity contribution in [2.24, 2.45) is 10.3 Å². The minimum Gasteiger partial charge on any atom is -0.497 e. The number of carbonyl (C=O) groups excluding carboxylic acids is 2. The largest absolute Gasteiger partial charge is 0.497 e. The van der Waals surface area contributed by atoms with E-state index in [0.29, 0.717) is 33.6 Å². The van der Waals surface area contributed by atoms with Crippen LogP contribution in [0.5, 0.6) is 11.5 Å². The molecule has 3 aromatic rings. The van der Waals surface area contributed by atoms with Crippen LogP contribution in [0.2, 0.25) is 5.02 Å². The fourth-order valence-corrected chi connectivity index (χ4v) is 3.96. The van der Waals surface area contributed by atoms with Crippen molar-refractivity contribution in [3.05, 3.63) is 53.4 Å². The number of imide groups is 1. The number of nitrogens with zero attached hydrogens (tertiary/aromatic N) is 6. The molecule has 1 saturated heterocycles. The Bertz CT molecular complexity index is 1260. The van der Waals surface area contributed by atoms with Gasteiger partial charge < -0.3 is 14.0 Å². The Morgan fingerprint density at radius 2 is 1.79 bits per heavy atom. The number of methoxy groups -OCH3 is 2. The summed E-state index contributed by atoms with van der Waals surface area (Å²) in [5.74, 6) is 0.426. The van der Waals surface area contributed by atoms with E-state index < -0.39 is 23.9 Å². The number of rotatable bonds is 6. The van der Waals surface area contributed by atoms with Crippen LogP contribution < -0.4 is 14.4 Å². The first-order valence-electron chi connectivity index (χ1n) is 9.86. The molecular weight excluding hydrogens is 452 g/mol. The number of amides is 2. The van der Waals surface area contributed by atoms with Gasteiger partial charge in [0.15, 0.2) is 12.1 Å². The van der Waals surface area contributed by atoms with E-state index in [-0.39, 0.29) is 12.4 Å². The maximum absolute atomic E-state index is 13.2. The second-order valence-corrected chi connectivity index (χ2v) is 7.67. The van der Waals surface area contributed by atoms with Gasteiger partial charge in [0.1, 0.15) is 18.0 Å². The Kier molecular flexibility index (Phi) is 5.17. The van der Waals surface area contributed by atoms with Crippen LogP contribution >= 0.6 is 11.6 Å². The quantitative estimate of drug-likeness (QED) is 0.506. The molecule has 2 amide bonds. The lowest BCUT2D eigenvalue weighted by Gasteiger charge is -2.20. The molecule has 1 aromatic heterocycles. The fraction of sp³-hybridized carbons (Fsp3) is 0.238. The normalized spacial score (nSPS) is 19.4. The molecule has 2 aliphatic heterocycles. The van der Waals surface area contributed by atoms with E-state index >= 15 is 0 Å². The van der Waals surface area contributed by atoms with E-state index in [1.54, 1.807) is 36.4 Å². The lowest BCUT2D eigenvalue weighted by atomic mass is 10.1. The third kappa shape index (κ3) is 3.55. The summed E-state index contributed by atoms with van der Waals surface area (Å²) in [6, 6.07) is 9.99. The van der Waals surface area contributed by atoms with Gasteiger partial charge in [0, 0.05) is 23.8 Å². The Hall–Kier alpha value is -3.99. The van der Waals surface area contributed by atoms with Crippen molar-refractivity contribution in [1.29, 1.82) is 0 Å². The topological polar surface area (TPSA) is 123 Å². The highest BCUT2D eigenvalue weighted by Gasteiger charge is 2.55. The summed E-state index contributed by atoms with van der Waals surface area (Å²) in [6.07, 6.45) is 0. The molecular formula is C21H17ClN6O5. The highest BCUT2D eigenvalue weighted by Crippen LogP contribution is 2.36. The number of aromatic nitrogens is 2. The zero-order valence-electron chi connectivity index (χ0n) is 17.5. The van der Waals surface area contributed by atoms with Gasteiger partial charge in [0.05, 0.1) is 24.9 Å². The first kappa shape index (κ1) is 20.9. The zero-order chi connectivity index (χ0) is 23.1. The van der Waals surface area contributed by atoms with Crippen molar-refractivity contribution in [1.82, 2.24) is 15.1 Å². The molecule has 0 unspecified atom stereocenters. The van der Waals surface area contributed by atoms with Crippen molar-refractivity contribution in [3.8, 4) is 22.9 Å². The van der Waals surface area contributed by atoms with E-state index in [9.17, 15) is 9.59 Å². The summed E-state index contributed by atoms with van der Waals surface area (Å²) in [5, 5.41) is 13.8. The smallest absolute Gasteiger partial charge is 0.263 e. The standard InChI is InChI=1S/C21H17ClN6O5/c1-31-12-7-11(8-13(9-12)32-2)28-20(29)17-18(21(28)30)27(26-24-17)10-16-23-19(25-33-16)14-5-3-4-6-15(14)22/h3-9,17-18H,10H2,1-2H3/t17-,18+/m1/s1. The molecule has 11 nitrogen and oxygen atoms in total. The second-order valence-electron chi connectivity index (χ2n) is 7.27. The van der Waals surface area contributed by atoms with Crippen LogP contribution in [0.3, 0.4) is 0 Å². The summed E-state index contributed by atoms with van der Waals surface area (Å²) in [7, 11) is 2.97. The van der Waals surface area contributed by atoms with Gasteiger partial charge in [-0.15, -0.1) is 0 Å². The summed E-state index contributed by atoms with van der Waals surface area (Å²) in [5.41, 5.74) is 0.935. The van der Waals surface area contributed by atoms with Crippen LogP contribution in [0.15, 0.2) is 57.3 Å². The lowest BCUT2D eigenvalue weighted by molar-refractivity contribution is -0.123. The molecule has 0 spiro atoms. The van der Waals surface area contributed by atoms with Crippen LogP contribution in [-0.2, 0) is 16.1 Å². The maximum atomic E-state index is 13.2. The number of benzene rings is 2. The van der Waals surface area contributed by atoms with Crippen LogP contribution in [-0.4, -0.2) is 53.3 Å². The maximum Gasteiger partial charge on any atom is 0.263 e. The minimum absolute atomic E-state index is 0.00356. The highest BCUT2D eigenvalue weighted by atomic mass is 35.5. The Balaban J connectivity index is 1.39. The van der Waals surface area contributed by atoms with E-state index in [0.717, 1.165) is 4.90 Å². The molecule has 1 fully saturated rings. The molecule has 3 heterocycles. The first-order chi connectivity index (χ1) is 16.0. The monoisotopic (exact) mass is 468 g/mol. The number of carbonyl (C=O) groups is 2. The predicted octanol–water partition coefficient (Wildman–Crippen LogP) is 2.90. The van der Waals surface area contributed by atoms with Crippen LogP contribution in [0.1, 0.15) is 5.89 Å². The van der Waals surface area contributed by atoms with Gasteiger partial charge in [-0.1, -0.05) is 34.1 Å². The van der Waals surface area contributed by atoms with E-state index in [1.165, 1.54) is 19.2 Å². The van der Waals surface area contributed by atoms with Crippen molar-refractivity contribution in [2.45, 2.75) is 18.6 Å². The summed E-state index contributed by atoms with van der Waals surface area (Å²) < 4.78 is 15.8. The van der Waals surface area contributed by atoms with Crippen molar-refractivity contribution in [3.63, 3.8) is 0 Å². The number of hydrogen-bond donors (Lipinski definition) is 0. The third-order valence-electron chi connectivity index (χ3n) is 5.33. The molecule has 2 aromatic carbocycles. The van der Waals surface area contributed by atoms with Crippen LogP contribution in [0.4, 0.5) is 5.69 Å². The first-order valence-corrected chi connectivity index (χ1v) is 10.2. The number of fused-ring (bicyclic) bond motifs is 1. The average molecular weight is 469 g/mol. The number of anilines is 1. The molecule has 0 bridgehead atoms. The lowest BCUT2D eigenvalue weighted by Crippen LogP contribution is -2.39. The molecule has 5 rings (SSSR count). The SMILES string of the molecule is COc1cc(OC)cc(N2C(=O)[C@@H]3[C@@H](N=NN3Cc3nc(-c4ccccc4Cl)no3)C2=O)c1. The second kappa shape index (κ2) is 8.17. The molecule has 33 heavy (non-hydrogen) atoms. The van der Waals surface area contributed by atoms with Gasteiger partial charge >= 0.3 is 0 Å². The molecule has 0 radical (unpaired) electrons. The van der Waals surface area contributed by atoms with Gasteiger partial charge in [0.25, 0.3) is 11.8 Å². The van der Waals surface area contributed by atoms with Crippen LogP contribution in [0, 0.1) is 0 Å². The van der Waals surface area contributed by atoms with E-state index in [2.05, 4.69) is 20.5 Å². The molecule has 0 saturated carbocycles. The molecule has 0 N–H and O–H groups in total. The van der Waals surface area contributed by atoms with Crippen molar-refractivity contribution < 1.29 is 23.6 Å². The van der Waals surface area contributed by atoms with Crippen molar-refractivity contribution in [2.75, 3.05) is 19.1 Å². The van der Waals surface area contributed by atoms with E-state index in [1.807, 2.05) is 6.07 Å².